The molecule has 5 rings (SSSR count). The van der Waals surface area contributed by atoms with Crippen molar-refractivity contribution in [3.8, 4) is 5.75 Å². The average molecular weight is 486 g/mol. The summed E-state index contributed by atoms with van der Waals surface area (Å²) in [5, 5.41) is 11.1. The molecule has 0 aliphatic rings. The zero-order valence-electron chi connectivity index (χ0n) is 19.4. The van der Waals surface area contributed by atoms with E-state index in [2.05, 4.69) is 15.6 Å². The van der Waals surface area contributed by atoms with Crippen LogP contribution in [-0.2, 0) is 22.7 Å². The molecule has 0 saturated heterocycles. The molecule has 0 bridgehead atoms. The number of amides is 2. The highest BCUT2D eigenvalue weighted by Crippen LogP contribution is 2.31. The largest absolute Gasteiger partial charge is 0.497 e. The van der Waals surface area contributed by atoms with Gasteiger partial charge in [-0.25, -0.2) is 4.68 Å². The third kappa shape index (κ3) is 4.69. The van der Waals surface area contributed by atoms with Gasteiger partial charge in [0.15, 0.2) is 6.04 Å². The molecule has 36 heavy (non-hydrogen) atoms. The van der Waals surface area contributed by atoms with Gasteiger partial charge in [0.2, 0.25) is 5.91 Å². The maximum atomic E-state index is 13.9. The highest BCUT2D eigenvalue weighted by molar-refractivity contribution is 6.01. The number of nitrogens with one attached hydrogen (secondary N) is 1. The van der Waals surface area contributed by atoms with E-state index in [4.69, 9.17) is 13.6 Å². The molecule has 0 fully saturated rings. The third-order valence-corrected chi connectivity index (χ3v) is 5.64. The van der Waals surface area contributed by atoms with Crippen molar-refractivity contribution in [3.63, 3.8) is 0 Å². The second-order valence-corrected chi connectivity index (χ2v) is 7.92. The van der Waals surface area contributed by atoms with Crippen molar-refractivity contribution in [2.45, 2.75) is 19.1 Å². The second-order valence-electron chi connectivity index (χ2n) is 7.92. The number of carbonyl (C=O) groups is 2. The van der Waals surface area contributed by atoms with Gasteiger partial charge >= 0.3 is 0 Å². The fourth-order valence-electron chi connectivity index (χ4n) is 3.94. The summed E-state index contributed by atoms with van der Waals surface area (Å²) in [6.45, 7) is -0.00269. The zero-order valence-corrected chi connectivity index (χ0v) is 19.4. The molecule has 0 radical (unpaired) electrons. The topological polar surface area (TPSA) is 116 Å². The van der Waals surface area contributed by atoms with E-state index in [0.717, 1.165) is 0 Å². The summed E-state index contributed by atoms with van der Waals surface area (Å²) in [7, 11) is 1.53. The molecule has 0 aliphatic heterocycles. The minimum absolute atomic E-state index is 0.150. The fourth-order valence-corrected chi connectivity index (χ4v) is 3.94. The van der Waals surface area contributed by atoms with E-state index in [1.165, 1.54) is 29.2 Å². The van der Waals surface area contributed by atoms with Crippen molar-refractivity contribution in [3.05, 3.63) is 96.8 Å². The Labute approximate surface area is 206 Å². The monoisotopic (exact) mass is 485 g/mol. The van der Waals surface area contributed by atoms with Gasteiger partial charge in [-0.2, -0.15) is 0 Å². The van der Waals surface area contributed by atoms with Gasteiger partial charge in [0.1, 0.15) is 29.3 Å². The van der Waals surface area contributed by atoms with Crippen LogP contribution in [0.5, 0.6) is 5.75 Å². The quantitative estimate of drug-likeness (QED) is 0.338. The van der Waals surface area contributed by atoms with Crippen LogP contribution >= 0.6 is 0 Å². The Kier molecular flexibility index (Phi) is 6.48. The number of fused-ring (bicyclic) bond motifs is 1. The van der Waals surface area contributed by atoms with Crippen LogP contribution in [0.25, 0.3) is 11.0 Å². The van der Waals surface area contributed by atoms with Crippen molar-refractivity contribution >= 4 is 28.5 Å². The van der Waals surface area contributed by atoms with E-state index in [0.29, 0.717) is 34.0 Å². The third-order valence-electron chi connectivity index (χ3n) is 5.64. The van der Waals surface area contributed by atoms with Crippen LogP contribution in [0.2, 0.25) is 0 Å². The molecule has 1 atom stereocenters. The van der Waals surface area contributed by atoms with E-state index in [1.807, 2.05) is 24.3 Å². The molecular weight excluding hydrogens is 462 g/mol. The molecule has 0 spiro atoms. The number of rotatable bonds is 9. The van der Waals surface area contributed by atoms with Crippen LogP contribution in [0.15, 0.2) is 94.2 Å². The van der Waals surface area contributed by atoms with Crippen LogP contribution in [0, 0.1) is 0 Å². The molecule has 10 heteroatoms. The molecule has 10 nitrogen and oxygen atoms in total. The SMILES string of the molecule is COc1cccc(N(C(=O)Cn2nnc3ccccc32)C(C(=O)NCc2ccco2)c2ccco2)c1. The number of benzene rings is 2. The summed E-state index contributed by atoms with van der Waals surface area (Å²) in [5.41, 5.74) is 1.82. The van der Waals surface area contributed by atoms with Crippen LogP contribution < -0.4 is 15.0 Å². The first-order valence-corrected chi connectivity index (χ1v) is 11.2. The predicted molar refractivity (Wildman–Crippen MR) is 130 cm³/mol. The summed E-state index contributed by atoms with van der Waals surface area (Å²) in [4.78, 5) is 28.8. The molecule has 2 aromatic carbocycles. The number of anilines is 1. The van der Waals surface area contributed by atoms with Gasteiger partial charge in [0, 0.05) is 11.8 Å². The van der Waals surface area contributed by atoms with Crippen LogP contribution in [-0.4, -0.2) is 33.9 Å². The standard InChI is InChI=1S/C26H23N5O5/c1-34-19-8-4-7-18(15-19)31(24(32)17-30-22-11-3-2-10-21(22)28-29-30)25(23-12-6-14-36-23)26(33)27-16-20-9-5-13-35-20/h2-15,25H,16-17H2,1H3,(H,27,33). The number of aromatic nitrogens is 3. The van der Waals surface area contributed by atoms with Crippen molar-refractivity contribution in [1.82, 2.24) is 20.3 Å². The lowest BCUT2D eigenvalue weighted by Crippen LogP contribution is -2.45. The maximum Gasteiger partial charge on any atom is 0.251 e. The second kappa shape index (κ2) is 10.2. The van der Waals surface area contributed by atoms with E-state index in [9.17, 15) is 9.59 Å². The van der Waals surface area contributed by atoms with Crippen LogP contribution in [0.4, 0.5) is 5.69 Å². The smallest absolute Gasteiger partial charge is 0.251 e. The average Bonchev–Trinajstić information content (AvgIpc) is 3.69. The molecule has 3 heterocycles. The lowest BCUT2D eigenvalue weighted by Gasteiger charge is -2.30. The number of hydrogen-bond acceptors (Lipinski definition) is 7. The summed E-state index contributed by atoms with van der Waals surface area (Å²) in [6, 6.07) is 20.0. The minimum atomic E-state index is -1.11. The van der Waals surface area contributed by atoms with Gasteiger partial charge < -0.3 is 18.9 Å². The number of hydrogen-bond donors (Lipinski definition) is 1. The normalized spacial score (nSPS) is 11.8. The number of furan rings is 2. The summed E-state index contributed by atoms with van der Waals surface area (Å²) < 4.78 is 17.8. The zero-order chi connectivity index (χ0) is 24.9. The Morgan fingerprint density at radius 2 is 1.86 bits per heavy atom. The summed E-state index contributed by atoms with van der Waals surface area (Å²) in [5.74, 6) is 0.571. The van der Waals surface area contributed by atoms with Crippen molar-refractivity contribution in [2.75, 3.05) is 12.0 Å². The van der Waals surface area contributed by atoms with E-state index >= 15 is 0 Å². The molecular formula is C26H23N5O5. The van der Waals surface area contributed by atoms with Gasteiger partial charge in [0.25, 0.3) is 5.91 Å². The number of ether oxygens (including phenoxy) is 1. The van der Waals surface area contributed by atoms with Gasteiger partial charge in [-0.1, -0.05) is 23.4 Å². The molecule has 2 amide bonds. The van der Waals surface area contributed by atoms with E-state index < -0.39 is 17.9 Å². The summed E-state index contributed by atoms with van der Waals surface area (Å²) >= 11 is 0. The molecule has 1 N–H and O–H groups in total. The highest BCUT2D eigenvalue weighted by atomic mass is 16.5. The highest BCUT2D eigenvalue weighted by Gasteiger charge is 2.35. The van der Waals surface area contributed by atoms with Crippen LogP contribution in [0.3, 0.4) is 0 Å². The number of carbonyl (C=O) groups excluding carboxylic acids is 2. The minimum Gasteiger partial charge on any atom is -0.497 e. The first-order chi connectivity index (χ1) is 17.6. The maximum absolute atomic E-state index is 13.9. The molecule has 182 valence electrons. The van der Waals surface area contributed by atoms with Gasteiger partial charge in [-0.15, -0.1) is 5.10 Å². The molecule has 5 aromatic rings. The van der Waals surface area contributed by atoms with Gasteiger partial charge in [-0.3, -0.25) is 14.5 Å². The van der Waals surface area contributed by atoms with E-state index in [-0.39, 0.29) is 13.1 Å². The van der Waals surface area contributed by atoms with Crippen molar-refractivity contribution in [2.24, 2.45) is 0 Å². The van der Waals surface area contributed by atoms with Crippen molar-refractivity contribution < 1.29 is 23.2 Å². The molecule has 3 aromatic heterocycles. The van der Waals surface area contributed by atoms with E-state index in [1.54, 1.807) is 48.5 Å². The Morgan fingerprint density at radius 3 is 2.64 bits per heavy atom. The summed E-state index contributed by atoms with van der Waals surface area (Å²) in [6.07, 6.45) is 2.99. The van der Waals surface area contributed by atoms with Gasteiger partial charge in [0.05, 0.1) is 31.7 Å². The molecule has 0 saturated carbocycles. The number of para-hydroxylation sites is 1. The molecule has 0 aliphatic carbocycles. The lowest BCUT2D eigenvalue weighted by molar-refractivity contribution is -0.127. The van der Waals surface area contributed by atoms with Crippen molar-refractivity contribution in [1.29, 1.82) is 0 Å². The Bertz CT molecular complexity index is 1460. The van der Waals surface area contributed by atoms with Gasteiger partial charge in [-0.05, 0) is 48.5 Å². The Morgan fingerprint density at radius 1 is 1.03 bits per heavy atom. The first-order valence-electron chi connectivity index (χ1n) is 11.2. The first kappa shape index (κ1) is 22.9. The molecule has 1 unspecified atom stereocenters. The predicted octanol–water partition coefficient (Wildman–Crippen LogP) is 3.72. The Hall–Kier alpha value is -4.86. The van der Waals surface area contributed by atoms with Crippen LogP contribution in [0.1, 0.15) is 17.6 Å². The number of methoxy groups -OCH3 is 1. The Balaban J connectivity index is 1.53. The number of nitrogens with zero attached hydrogens (tertiary/aromatic N) is 4. The fraction of sp³-hybridized carbons (Fsp3) is 0.154. The lowest BCUT2D eigenvalue weighted by atomic mass is 10.1.